The number of rotatable bonds is 3. The maximum Gasteiger partial charge on any atom is 0.248 e. The van der Waals surface area contributed by atoms with Crippen molar-refractivity contribution in [2.75, 3.05) is 12.1 Å². The first-order valence-electron chi connectivity index (χ1n) is 6.45. The molecule has 1 aliphatic rings. The molecule has 0 saturated heterocycles. The topological polar surface area (TPSA) is 47.6 Å². The van der Waals surface area contributed by atoms with Gasteiger partial charge in [0.2, 0.25) is 12.7 Å². The molecular formula is C16H11F2NO3. The summed E-state index contributed by atoms with van der Waals surface area (Å²) < 4.78 is 36.2. The van der Waals surface area contributed by atoms with Crippen LogP contribution in [0.2, 0.25) is 0 Å². The highest BCUT2D eigenvalue weighted by atomic mass is 19.2. The van der Waals surface area contributed by atoms with E-state index in [2.05, 4.69) is 5.32 Å². The molecule has 1 N–H and O–H groups in total. The summed E-state index contributed by atoms with van der Waals surface area (Å²) in [5, 5.41) is 2.44. The Balaban J connectivity index is 1.67. The van der Waals surface area contributed by atoms with Gasteiger partial charge in [0.25, 0.3) is 0 Å². The highest BCUT2D eigenvalue weighted by Crippen LogP contribution is 2.32. The number of anilines is 1. The Morgan fingerprint density at radius 3 is 2.68 bits per heavy atom. The van der Waals surface area contributed by atoms with Crippen LogP contribution >= 0.6 is 0 Å². The summed E-state index contributed by atoms with van der Waals surface area (Å²) in [6.07, 6.45) is 2.87. The van der Waals surface area contributed by atoms with E-state index >= 15 is 0 Å². The van der Waals surface area contributed by atoms with Crippen LogP contribution in [0.5, 0.6) is 11.5 Å². The van der Waals surface area contributed by atoms with E-state index in [0.29, 0.717) is 11.5 Å². The number of fused-ring (bicyclic) bond motifs is 1. The van der Waals surface area contributed by atoms with Gasteiger partial charge in [-0.2, -0.15) is 0 Å². The van der Waals surface area contributed by atoms with E-state index in [9.17, 15) is 13.6 Å². The lowest BCUT2D eigenvalue weighted by molar-refractivity contribution is -0.111. The Kier molecular flexibility index (Phi) is 3.74. The number of amides is 1. The Labute approximate surface area is 125 Å². The van der Waals surface area contributed by atoms with E-state index in [1.54, 1.807) is 24.3 Å². The van der Waals surface area contributed by atoms with Gasteiger partial charge in [0.15, 0.2) is 23.1 Å². The summed E-state index contributed by atoms with van der Waals surface area (Å²) in [4.78, 5) is 11.7. The molecule has 0 fully saturated rings. The summed E-state index contributed by atoms with van der Waals surface area (Å²) >= 11 is 0. The molecule has 0 unspecified atom stereocenters. The third-order valence-electron chi connectivity index (χ3n) is 3.01. The van der Waals surface area contributed by atoms with Gasteiger partial charge in [0.1, 0.15) is 0 Å². The van der Waals surface area contributed by atoms with Crippen LogP contribution in [0.4, 0.5) is 14.5 Å². The predicted octanol–water partition coefficient (Wildman–Crippen LogP) is 3.35. The second-order valence-electron chi connectivity index (χ2n) is 4.56. The number of hydrogen-bond acceptors (Lipinski definition) is 3. The average molecular weight is 303 g/mol. The third kappa shape index (κ3) is 3.06. The maximum atomic E-state index is 13.0. The molecule has 1 heterocycles. The second-order valence-corrected chi connectivity index (χ2v) is 4.56. The third-order valence-corrected chi connectivity index (χ3v) is 3.01. The van der Waals surface area contributed by atoms with Gasteiger partial charge in [-0.25, -0.2) is 8.78 Å². The van der Waals surface area contributed by atoms with E-state index in [-0.39, 0.29) is 12.5 Å². The zero-order valence-electron chi connectivity index (χ0n) is 11.3. The fourth-order valence-electron chi connectivity index (χ4n) is 1.95. The lowest BCUT2D eigenvalue weighted by Crippen LogP contribution is -2.08. The zero-order chi connectivity index (χ0) is 15.5. The molecular weight excluding hydrogens is 292 g/mol. The number of hydrogen-bond donors (Lipinski definition) is 1. The number of carbonyl (C=O) groups is 1. The van der Waals surface area contributed by atoms with Crippen LogP contribution < -0.4 is 14.8 Å². The normalized spacial score (nSPS) is 12.6. The first kappa shape index (κ1) is 14.1. The van der Waals surface area contributed by atoms with E-state index in [4.69, 9.17) is 9.47 Å². The second kappa shape index (κ2) is 5.85. The predicted molar refractivity (Wildman–Crippen MR) is 76.6 cm³/mol. The fourth-order valence-corrected chi connectivity index (χ4v) is 1.95. The Morgan fingerprint density at radius 1 is 1.05 bits per heavy atom. The summed E-state index contributed by atoms with van der Waals surface area (Å²) in [6.45, 7) is 0.180. The first-order valence-corrected chi connectivity index (χ1v) is 6.45. The van der Waals surface area contributed by atoms with Crippen LogP contribution in [0.15, 0.2) is 42.5 Å². The van der Waals surface area contributed by atoms with Gasteiger partial charge < -0.3 is 14.8 Å². The smallest absolute Gasteiger partial charge is 0.248 e. The summed E-state index contributed by atoms with van der Waals surface area (Å²) in [6, 6.07) is 8.41. The standard InChI is InChI=1S/C16H11F2NO3/c17-12-4-3-11(8-13(12)18)19-16(20)6-2-10-1-5-14-15(7-10)22-9-21-14/h1-8H,9H2,(H,19,20). The van der Waals surface area contributed by atoms with Crippen molar-refractivity contribution in [1.82, 2.24) is 0 Å². The largest absolute Gasteiger partial charge is 0.454 e. The molecule has 1 aliphatic heterocycles. The Bertz CT molecular complexity index is 759. The molecule has 0 bridgehead atoms. The molecule has 112 valence electrons. The van der Waals surface area contributed by atoms with Crippen LogP contribution in [0.3, 0.4) is 0 Å². The van der Waals surface area contributed by atoms with E-state index in [0.717, 1.165) is 17.7 Å². The number of halogens is 2. The minimum Gasteiger partial charge on any atom is -0.454 e. The molecule has 0 aliphatic carbocycles. The van der Waals surface area contributed by atoms with Gasteiger partial charge in [-0.1, -0.05) is 6.07 Å². The zero-order valence-corrected chi connectivity index (χ0v) is 11.3. The molecule has 2 aromatic carbocycles. The molecule has 0 saturated carbocycles. The van der Waals surface area contributed by atoms with Crippen molar-refractivity contribution < 1.29 is 23.0 Å². The van der Waals surface area contributed by atoms with Gasteiger partial charge in [-0.05, 0) is 35.9 Å². The number of benzene rings is 2. The molecule has 3 rings (SSSR count). The fraction of sp³-hybridized carbons (Fsp3) is 0.0625. The van der Waals surface area contributed by atoms with Gasteiger partial charge in [-0.15, -0.1) is 0 Å². The van der Waals surface area contributed by atoms with Crippen LogP contribution in [-0.4, -0.2) is 12.7 Å². The summed E-state index contributed by atoms with van der Waals surface area (Å²) in [5.41, 5.74) is 0.934. The molecule has 2 aromatic rings. The SMILES string of the molecule is O=C(C=Cc1ccc2c(c1)OCO2)Nc1ccc(F)c(F)c1. The molecule has 6 heteroatoms. The van der Waals surface area contributed by atoms with Crippen molar-refractivity contribution in [3.8, 4) is 11.5 Å². The van der Waals surface area contributed by atoms with Crippen LogP contribution in [0, 0.1) is 11.6 Å². The van der Waals surface area contributed by atoms with Crippen LogP contribution in [0.1, 0.15) is 5.56 Å². The highest BCUT2D eigenvalue weighted by Gasteiger charge is 2.12. The molecule has 1 amide bonds. The number of nitrogens with one attached hydrogen (secondary N) is 1. The minimum absolute atomic E-state index is 0.180. The van der Waals surface area contributed by atoms with E-state index in [1.165, 1.54) is 12.1 Å². The summed E-state index contributed by atoms with van der Waals surface area (Å²) in [5.74, 6) is -1.17. The first-order chi connectivity index (χ1) is 10.6. The maximum absolute atomic E-state index is 13.0. The van der Waals surface area contributed by atoms with Gasteiger partial charge >= 0.3 is 0 Å². The molecule has 4 nitrogen and oxygen atoms in total. The van der Waals surface area contributed by atoms with Crippen molar-refractivity contribution in [2.45, 2.75) is 0 Å². The van der Waals surface area contributed by atoms with Crippen LogP contribution in [-0.2, 0) is 4.79 Å². The molecule has 22 heavy (non-hydrogen) atoms. The van der Waals surface area contributed by atoms with Crippen LogP contribution in [0.25, 0.3) is 6.08 Å². The van der Waals surface area contributed by atoms with Gasteiger partial charge in [-0.3, -0.25) is 4.79 Å². The lowest BCUT2D eigenvalue weighted by atomic mass is 10.2. The van der Waals surface area contributed by atoms with E-state index in [1.807, 2.05) is 0 Å². The average Bonchev–Trinajstić information content (AvgIpc) is 2.96. The monoisotopic (exact) mass is 303 g/mol. The number of ether oxygens (including phenoxy) is 2. The molecule has 0 radical (unpaired) electrons. The Morgan fingerprint density at radius 2 is 1.86 bits per heavy atom. The van der Waals surface area contributed by atoms with Gasteiger partial charge in [0, 0.05) is 17.8 Å². The number of carbonyl (C=O) groups excluding carboxylic acids is 1. The van der Waals surface area contributed by atoms with Crippen molar-refractivity contribution in [3.63, 3.8) is 0 Å². The molecule has 0 atom stereocenters. The lowest BCUT2D eigenvalue weighted by Gasteiger charge is -2.02. The van der Waals surface area contributed by atoms with Crippen molar-refractivity contribution in [1.29, 1.82) is 0 Å². The highest BCUT2D eigenvalue weighted by molar-refractivity contribution is 6.01. The van der Waals surface area contributed by atoms with Crippen molar-refractivity contribution in [3.05, 3.63) is 59.7 Å². The van der Waals surface area contributed by atoms with Crippen molar-refractivity contribution in [2.24, 2.45) is 0 Å². The van der Waals surface area contributed by atoms with Crippen molar-refractivity contribution >= 4 is 17.7 Å². The van der Waals surface area contributed by atoms with Gasteiger partial charge in [0.05, 0.1) is 0 Å². The Hall–Kier alpha value is -2.89. The minimum atomic E-state index is -1.02. The molecule has 0 aromatic heterocycles. The van der Waals surface area contributed by atoms with E-state index < -0.39 is 17.5 Å². The molecule has 0 spiro atoms. The quantitative estimate of drug-likeness (QED) is 0.885. The summed E-state index contributed by atoms with van der Waals surface area (Å²) in [7, 11) is 0.